The largest absolute Gasteiger partial charge is 0.456 e. The van der Waals surface area contributed by atoms with Gasteiger partial charge in [0.25, 0.3) is 0 Å². The third kappa shape index (κ3) is 4.86. The third-order valence-electron chi connectivity index (χ3n) is 12.3. The summed E-state index contributed by atoms with van der Waals surface area (Å²) < 4.78 is 18.0. The van der Waals surface area contributed by atoms with Crippen LogP contribution >= 0.6 is 22.7 Å². The molecule has 14 aromatic rings. The van der Waals surface area contributed by atoms with E-state index < -0.39 is 0 Å². The first kappa shape index (κ1) is 34.0. The molecule has 5 aromatic heterocycles. The standard InChI is InChI=1S/C55H29N3O2S2/c1-2-14-30(15-3-1)53-56-54(58-55(57-53)41-29-44-48(36-19-7-11-23-43(36)59-44)52-47(41)37-20-8-12-24-45(37)62-52)35-27-26-33(31-16-4-5-17-32(31)35)40-28-39-34-18-6-10-22-42(34)60-50(39)49-38-21-9-13-25-46(38)61-51(40)49/h1-29H. The van der Waals surface area contributed by atoms with Crippen LogP contribution in [-0.4, -0.2) is 15.0 Å². The molecule has 0 aliphatic carbocycles. The molecule has 0 atom stereocenters. The highest BCUT2D eigenvalue weighted by Gasteiger charge is 2.24. The van der Waals surface area contributed by atoms with Gasteiger partial charge in [-0.15, -0.1) is 22.7 Å². The van der Waals surface area contributed by atoms with Gasteiger partial charge in [0.1, 0.15) is 22.3 Å². The quantitative estimate of drug-likeness (QED) is 0.177. The molecule has 0 bridgehead atoms. The number of furan rings is 2. The van der Waals surface area contributed by atoms with Crippen molar-refractivity contribution in [2.24, 2.45) is 0 Å². The van der Waals surface area contributed by atoms with Crippen LogP contribution in [0.5, 0.6) is 0 Å². The van der Waals surface area contributed by atoms with Gasteiger partial charge in [0.05, 0.1) is 0 Å². The lowest BCUT2D eigenvalue weighted by molar-refractivity contribution is 0.669. The molecule has 62 heavy (non-hydrogen) atoms. The maximum absolute atomic E-state index is 6.65. The van der Waals surface area contributed by atoms with Gasteiger partial charge in [-0.3, -0.25) is 0 Å². The number of benzene rings is 9. The molecule has 5 heterocycles. The lowest BCUT2D eigenvalue weighted by atomic mass is 9.92. The van der Waals surface area contributed by atoms with E-state index in [1.165, 1.54) is 30.4 Å². The van der Waals surface area contributed by atoms with Crippen LogP contribution in [0.4, 0.5) is 0 Å². The molecule has 0 radical (unpaired) electrons. The maximum atomic E-state index is 6.65. The van der Waals surface area contributed by atoms with Gasteiger partial charge in [0.15, 0.2) is 17.5 Å². The number of para-hydroxylation sites is 2. The predicted octanol–water partition coefficient (Wildman–Crippen LogP) is 16.2. The molecule has 14 rings (SSSR count). The summed E-state index contributed by atoms with van der Waals surface area (Å²) in [5, 5.41) is 11.3. The van der Waals surface area contributed by atoms with Crippen molar-refractivity contribution < 1.29 is 8.83 Å². The molecule has 288 valence electrons. The van der Waals surface area contributed by atoms with Crippen molar-refractivity contribution in [2.45, 2.75) is 0 Å². The zero-order valence-corrected chi connectivity index (χ0v) is 34.4. The van der Waals surface area contributed by atoms with Gasteiger partial charge in [-0.05, 0) is 58.8 Å². The molecule has 7 heteroatoms. The smallest absolute Gasteiger partial charge is 0.164 e. The molecule has 0 saturated heterocycles. The highest BCUT2D eigenvalue weighted by atomic mass is 32.1. The van der Waals surface area contributed by atoms with Gasteiger partial charge in [-0.2, -0.15) is 0 Å². The fourth-order valence-electron chi connectivity index (χ4n) is 9.60. The van der Waals surface area contributed by atoms with E-state index in [1.807, 2.05) is 47.7 Å². The summed E-state index contributed by atoms with van der Waals surface area (Å²) in [5.41, 5.74) is 8.59. The van der Waals surface area contributed by atoms with Crippen molar-refractivity contribution in [3.8, 4) is 45.3 Å². The van der Waals surface area contributed by atoms with E-state index in [4.69, 9.17) is 23.8 Å². The van der Waals surface area contributed by atoms with E-state index >= 15 is 0 Å². The Kier molecular flexibility index (Phi) is 7.08. The predicted molar refractivity (Wildman–Crippen MR) is 259 cm³/mol. The molecule has 0 unspecified atom stereocenters. The second-order valence-electron chi connectivity index (χ2n) is 15.8. The van der Waals surface area contributed by atoms with Crippen LogP contribution in [0.2, 0.25) is 0 Å². The number of rotatable bonds is 4. The van der Waals surface area contributed by atoms with E-state index in [2.05, 4.69) is 140 Å². The lowest BCUT2D eigenvalue weighted by Gasteiger charge is -2.14. The fourth-order valence-corrected chi connectivity index (χ4v) is 12.1. The van der Waals surface area contributed by atoms with Crippen molar-refractivity contribution in [3.63, 3.8) is 0 Å². The summed E-state index contributed by atoms with van der Waals surface area (Å²) in [6.45, 7) is 0. The SMILES string of the molecule is c1ccc(-c2nc(-c3ccc(-c4cc5c6ccccc6oc5c5c4sc4ccccc45)c4ccccc34)nc(-c3cc4oc5ccccc5c4c4sc5ccccc5c34)n2)cc1. The minimum absolute atomic E-state index is 0.599. The third-order valence-corrected chi connectivity index (χ3v) is 14.7. The molecule has 0 amide bonds. The van der Waals surface area contributed by atoms with Gasteiger partial charge in [0, 0.05) is 84.1 Å². The Balaban J connectivity index is 1.05. The van der Waals surface area contributed by atoms with E-state index in [0.717, 1.165) is 92.4 Å². The summed E-state index contributed by atoms with van der Waals surface area (Å²) >= 11 is 3.61. The molecule has 9 aromatic carbocycles. The first-order valence-corrected chi connectivity index (χ1v) is 22.2. The molecule has 0 fully saturated rings. The van der Waals surface area contributed by atoms with Crippen LogP contribution in [0.3, 0.4) is 0 Å². The molecular formula is C55H29N3O2S2. The van der Waals surface area contributed by atoms with Crippen molar-refractivity contribution in [1.29, 1.82) is 0 Å². The Morgan fingerprint density at radius 2 is 0.871 bits per heavy atom. The average molecular weight is 828 g/mol. The first-order valence-electron chi connectivity index (χ1n) is 20.6. The van der Waals surface area contributed by atoms with Crippen LogP contribution in [0.15, 0.2) is 185 Å². The number of aromatic nitrogens is 3. The number of fused-ring (bicyclic) bond motifs is 15. The number of thiophene rings is 2. The van der Waals surface area contributed by atoms with Gasteiger partial charge in [-0.1, -0.05) is 133 Å². The average Bonchev–Trinajstić information content (AvgIpc) is 4.11. The Hall–Kier alpha value is -7.71. The Morgan fingerprint density at radius 1 is 0.323 bits per heavy atom. The molecular weight excluding hydrogens is 799 g/mol. The highest BCUT2D eigenvalue weighted by molar-refractivity contribution is 7.27. The second kappa shape index (κ2) is 12.9. The summed E-state index contributed by atoms with van der Waals surface area (Å²) in [7, 11) is 0. The lowest BCUT2D eigenvalue weighted by Crippen LogP contribution is -2.01. The summed E-state index contributed by atoms with van der Waals surface area (Å²) in [4.78, 5) is 16.0. The Bertz CT molecular complexity index is 4180. The Morgan fingerprint density at radius 3 is 1.63 bits per heavy atom. The van der Waals surface area contributed by atoms with Gasteiger partial charge >= 0.3 is 0 Å². The van der Waals surface area contributed by atoms with Gasteiger partial charge in [0.2, 0.25) is 0 Å². The topological polar surface area (TPSA) is 65.0 Å². The summed E-state index contributed by atoms with van der Waals surface area (Å²) in [6.07, 6.45) is 0. The Labute approximate surface area is 360 Å². The molecule has 0 saturated carbocycles. The maximum Gasteiger partial charge on any atom is 0.164 e. The molecule has 0 N–H and O–H groups in total. The van der Waals surface area contributed by atoms with Crippen molar-refractivity contribution in [1.82, 2.24) is 15.0 Å². The van der Waals surface area contributed by atoms with Gasteiger partial charge < -0.3 is 8.83 Å². The monoisotopic (exact) mass is 827 g/mol. The number of hydrogen-bond acceptors (Lipinski definition) is 7. The zero-order chi connectivity index (χ0) is 40.5. The summed E-state index contributed by atoms with van der Waals surface area (Å²) in [5.74, 6) is 1.82. The minimum Gasteiger partial charge on any atom is -0.456 e. The fraction of sp³-hybridized carbons (Fsp3) is 0. The molecule has 0 aliphatic heterocycles. The highest BCUT2D eigenvalue weighted by Crippen LogP contribution is 2.50. The number of hydrogen-bond donors (Lipinski definition) is 0. The van der Waals surface area contributed by atoms with E-state index in [1.54, 1.807) is 11.3 Å². The van der Waals surface area contributed by atoms with Crippen LogP contribution in [0.1, 0.15) is 0 Å². The normalized spacial score (nSPS) is 12.2. The van der Waals surface area contributed by atoms with Crippen LogP contribution < -0.4 is 0 Å². The summed E-state index contributed by atoms with van der Waals surface area (Å²) in [6, 6.07) is 61.7. The minimum atomic E-state index is 0.599. The van der Waals surface area contributed by atoms with Crippen molar-refractivity contribution >= 4 is 118 Å². The van der Waals surface area contributed by atoms with E-state index in [0.29, 0.717) is 17.5 Å². The van der Waals surface area contributed by atoms with Crippen molar-refractivity contribution in [3.05, 3.63) is 176 Å². The molecule has 0 spiro atoms. The van der Waals surface area contributed by atoms with Crippen molar-refractivity contribution in [2.75, 3.05) is 0 Å². The zero-order valence-electron chi connectivity index (χ0n) is 32.7. The van der Waals surface area contributed by atoms with E-state index in [9.17, 15) is 0 Å². The van der Waals surface area contributed by atoms with E-state index in [-0.39, 0.29) is 0 Å². The molecule has 5 nitrogen and oxygen atoms in total. The second-order valence-corrected chi connectivity index (χ2v) is 17.9. The van der Waals surface area contributed by atoms with Crippen LogP contribution in [-0.2, 0) is 0 Å². The first-order chi connectivity index (χ1) is 30.7. The number of nitrogens with zero attached hydrogens (tertiary/aromatic N) is 3. The molecule has 0 aliphatic rings. The van der Waals surface area contributed by atoms with Crippen LogP contribution in [0, 0.1) is 0 Å². The van der Waals surface area contributed by atoms with Crippen LogP contribution in [0.25, 0.3) is 140 Å². The van der Waals surface area contributed by atoms with Gasteiger partial charge in [-0.25, -0.2) is 15.0 Å².